The van der Waals surface area contributed by atoms with E-state index in [9.17, 15) is 0 Å². The molecule has 3 aromatic rings. The van der Waals surface area contributed by atoms with Gasteiger partial charge in [0, 0.05) is 23.7 Å². The number of halogens is 1. The highest BCUT2D eigenvalue weighted by molar-refractivity contribution is 6.30. The van der Waals surface area contributed by atoms with Gasteiger partial charge in [0.15, 0.2) is 5.82 Å². The summed E-state index contributed by atoms with van der Waals surface area (Å²) >= 11 is 5.97. The molecule has 0 amide bonds. The van der Waals surface area contributed by atoms with Crippen molar-refractivity contribution in [3.05, 3.63) is 76.8 Å². The maximum absolute atomic E-state index is 6.27. The zero-order chi connectivity index (χ0) is 22.1. The molecule has 0 radical (unpaired) electrons. The fraction of sp³-hybridized carbons (Fsp3) is 0.440. The van der Waals surface area contributed by atoms with Crippen LogP contribution in [0.3, 0.4) is 0 Å². The van der Waals surface area contributed by atoms with E-state index in [-0.39, 0.29) is 0 Å². The molecule has 1 aromatic heterocycles. The van der Waals surface area contributed by atoms with Crippen molar-refractivity contribution in [1.82, 2.24) is 20.1 Å². The van der Waals surface area contributed by atoms with Gasteiger partial charge in [-0.05, 0) is 76.0 Å². The summed E-state index contributed by atoms with van der Waals surface area (Å²) in [5, 5.41) is 13.5. The maximum Gasteiger partial charge on any atom is 0.169 e. The number of benzene rings is 2. The van der Waals surface area contributed by atoms with Crippen molar-refractivity contribution in [2.45, 2.75) is 52.1 Å². The van der Waals surface area contributed by atoms with E-state index < -0.39 is 5.60 Å². The molecule has 2 aromatic carbocycles. The van der Waals surface area contributed by atoms with E-state index in [4.69, 9.17) is 16.3 Å². The van der Waals surface area contributed by atoms with Gasteiger partial charge >= 0.3 is 0 Å². The molecule has 0 aliphatic heterocycles. The van der Waals surface area contributed by atoms with Crippen LogP contribution in [0, 0.1) is 0 Å². The van der Waals surface area contributed by atoms with Crippen LogP contribution in [0.15, 0.2) is 54.6 Å². The largest absolute Gasteiger partial charge is 0.367 e. The van der Waals surface area contributed by atoms with Crippen LogP contribution in [0.25, 0.3) is 5.69 Å². The number of ether oxygens (including phenoxy) is 1. The van der Waals surface area contributed by atoms with Crippen molar-refractivity contribution in [3.8, 4) is 5.69 Å². The number of hydrogen-bond donors (Lipinski definition) is 1. The lowest BCUT2D eigenvalue weighted by atomic mass is 10.00. The Morgan fingerprint density at radius 1 is 0.968 bits per heavy atom. The van der Waals surface area contributed by atoms with E-state index in [0.717, 1.165) is 61.1 Å². The van der Waals surface area contributed by atoms with Gasteiger partial charge in [-0.15, -0.1) is 10.2 Å². The molecule has 0 aliphatic rings. The number of para-hydroxylation sites is 1. The number of aromatic nitrogens is 3. The molecule has 1 heterocycles. The standard InChI is InChI=1S/C25H33ClN4O/c1-4-9-23-28-29-24(30(23)22-10-7-6-8-11-22)25(3,31-5-2)17-19-27-18-16-20-12-14-21(26)15-13-20/h6-8,10-15,27H,4-5,9,16-19H2,1-3H3. The molecule has 3 rings (SSSR count). The summed E-state index contributed by atoms with van der Waals surface area (Å²) in [5.41, 5.74) is 1.82. The minimum Gasteiger partial charge on any atom is -0.367 e. The van der Waals surface area contributed by atoms with E-state index in [2.05, 4.69) is 58.2 Å². The normalized spacial score (nSPS) is 13.3. The molecular weight excluding hydrogens is 408 g/mol. The Kier molecular flexibility index (Phi) is 8.64. The predicted molar refractivity (Wildman–Crippen MR) is 127 cm³/mol. The van der Waals surface area contributed by atoms with Gasteiger partial charge in [0.25, 0.3) is 0 Å². The first-order valence-electron chi connectivity index (χ1n) is 11.2. The second-order valence-corrected chi connectivity index (χ2v) is 8.34. The molecular formula is C25H33ClN4O. The summed E-state index contributed by atoms with van der Waals surface area (Å²) in [6.07, 6.45) is 3.66. The van der Waals surface area contributed by atoms with Crippen LogP contribution < -0.4 is 5.32 Å². The second kappa shape index (κ2) is 11.4. The fourth-order valence-corrected chi connectivity index (χ4v) is 3.92. The monoisotopic (exact) mass is 440 g/mol. The first kappa shape index (κ1) is 23.5. The fourth-order valence-electron chi connectivity index (χ4n) is 3.80. The van der Waals surface area contributed by atoms with Crippen molar-refractivity contribution >= 4 is 11.6 Å². The first-order valence-corrected chi connectivity index (χ1v) is 11.5. The summed E-state index contributed by atoms with van der Waals surface area (Å²) < 4.78 is 8.44. The molecule has 6 heteroatoms. The number of nitrogens with zero attached hydrogens (tertiary/aromatic N) is 3. The SMILES string of the molecule is CCCc1nnc(C(C)(CCNCCc2ccc(Cl)cc2)OCC)n1-c1ccccc1. The number of rotatable bonds is 12. The quantitative estimate of drug-likeness (QED) is 0.386. The molecule has 0 spiro atoms. The van der Waals surface area contributed by atoms with Gasteiger partial charge in [-0.3, -0.25) is 4.57 Å². The van der Waals surface area contributed by atoms with E-state index in [1.165, 1.54) is 5.56 Å². The van der Waals surface area contributed by atoms with Gasteiger partial charge in [0.1, 0.15) is 11.4 Å². The number of hydrogen-bond acceptors (Lipinski definition) is 4. The molecule has 0 saturated carbocycles. The lowest BCUT2D eigenvalue weighted by Crippen LogP contribution is -2.34. The molecule has 1 N–H and O–H groups in total. The average Bonchev–Trinajstić information content (AvgIpc) is 3.20. The van der Waals surface area contributed by atoms with Gasteiger partial charge < -0.3 is 10.1 Å². The van der Waals surface area contributed by atoms with Crippen molar-refractivity contribution < 1.29 is 4.74 Å². The van der Waals surface area contributed by atoms with Crippen LogP contribution in [0.4, 0.5) is 0 Å². The molecule has 0 bridgehead atoms. The lowest BCUT2D eigenvalue weighted by molar-refractivity contribution is -0.0433. The Morgan fingerprint density at radius 3 is 2.39 bits per heavy atom. The zero-order valence-electron chi connectivity index (χ0n) is 18.8. The summed E-state index contributed by atoms with van der Waals surface area (Å²) in [6, 6.07) is 18.3. The van der Waals surface area contributed by atoms with E-state index in [1.807, 2.05) is 37.3 Å². The van der Waals surface area contributed by atoms with E-state index in [0.29, 0.717) is 6.61 Å². The maximum atomic E-state index is 6.27. The van der Waals surface area contributed by atoms with Crippen LogP contribution in [0.1, 0.15) is 50.8 Å². The van der Waals surface area contributed by atoms with E-state index in [1.54, 1.807) is 0 Å². The molecule has 0 saturated heterocycles. The number of aryl methyl sites for hydroxylation is 1. The summed E-state index contributed by atoms with van der Waals surface area (Å²) in [4.78, 5) is 0. The van der Waals surface area contributed by atoms with Crippen LogP contribution in [0.2, 0.25) is 5.02 Å². The van der Waals surface area contributed by atoms with Gasteiger partial charge in [-0.25, -0.2) is 0 Å². The summed E-state index contributed by atoms with van der Waals surface area (Å²) in [7, 11) is 0. The van der Waals surface area contributed by atoms with Crippen molar-refractivity contribution in [2.24, 2.45) is 0 Å². The van der Waals surface area contributed by atoms with Gasteiger partial charge in [-0.2, -0.15) is 0 Å². The van der Waals surface area contributed by atoms with Crippen molar-refractivity contribution in [2.75, 3.05) is 19.7 Å². The third kappa shape index (κ3) is 6.16. The zero-order valence-corrected chi connectivity index (χ0v) is 19.5. The molecule has 0 fully saturated rings. The van der Waals surface area contributed by atoms with E-state index >= 15 is 0 Å². The highest BCUT2D eigenvalue weighted by Crippen LogP contribution is 2.30. The number of nitrogens with one attached hydrogen (secondary N) is 1. The highest BCUT2D eigenvalue weighted by Gasteiger charge is 2.34. The third-order valence-electron chi connectivity index (χ3n) is 5.44. The van der Waals surface area contributed by atoms with Crippen LogP contribution in [0.5, 0.6) is 0 Å². The molecule has 1 unspecified atom stereocenters. The Balaban J connectivity index is 1.72. The minimum absolute atomic E-state index is 0.531. The van der Waals surface area contributed by atoms with Crippen LogP contribution in [-0.4, -0.2) is 34.5 Å². The molecule has 166 valence electrons. The van der Waals surface area contributed by atoms with Gasteiger partial charge in [-0.1, -0.05) is 48.9 Å². The van der Waals surface area contributed by atoms with Crippen LogP contribution >= 0.6 is 11.6 Å². The molecule has 0 aliphatic carbocycles. The second-order valence-electron chi connectivity index (χ2n) is 7.90. The van der Waals surface area contributed by atoms with Crippen LogP contribution in [-0.2, 0) is 23.2 Å². The smallest absolute Gasteiger partial charge is 0.169 e. The Bertz CT molecular complexity index is 926. The van der Waals surface area contributed by atoms with Crippen molar-refractivity contribution in [1.29, 1.82) is 0 Å². The molecule has 5 nitrogen and oxygen atoms in total. The molecule has 1 atom stereocenters. The Morgan fingerprint density at radius 2 is 1.71 bits per heavy atom. The highest BCUT2D eigenvalue weighted by atomic mass is 35.5. The lowest BCUT2D eigenvalue weighted by Gasteiger charge is -2.29. The van der Waals surface area contributed by atoms with Gasteiger partial charge in [0.2, 0.25) is 0 Å². The van der Waals surface area contributed by atoms with Crippen molar-refractivity contribution in [3.63, 3.8) is 0 Å². The third-order valence-corrected chi connectivity index (χ3v) is 5.69. The summed E-state index contributed by atoms with van der Waals surface area (Å²) in [5.74, 6) is 1.84. The Hall–Kier alpha value is -2.21. The van der Waals surface area contributed by atoms with Gasteiger partial charge in [0.05, 0.1) is 0 Å². The summed E-state index contributed by atoms with van der Waals surface area (Å²) in [6.45, 7) is 8.66. The topological polar surface area (TPSA) is 52.0 Å². The first-order chi connectivity index (χ1) is 15.1. The predicted octanol–water partition coefficient (Wildman–Crippen LogP) is 5.35. The minimum atomic E-state index is -0.531. The molecule has 31 heavy (non-hydrogen) atoms. The Labute approximate surface area is 190 Å². The average molecular weight is 441 g/mol.